The third-order valence-electron chi connectivity index (χ3n) is 3.98. The van der Waals surface area contributed by atoms with Gasteiger partial charge in [-0.3, -0.25) is 4.79 Å². The predicted octanol–water partition coefficient (Wildman–Crippen LogP) is 4.49. The molecule has 1 fully saturated rings. The number of ether oxygens (including phenoxy) is 1. The maximum atomic E-state index is 12.4. The van der Waals surface area contributed by atoms with Crippen LogP contribution in [0.25, 0.3) is 0 Å². The van der Waals surface area contributed by atoms with Crippen molar-refractivity contribution in [3.8, 4) is 0 Å². The van der Waals surface area contributed by atoms with E-state index in [1.165, 1.54) is 0 Å². The summed E-state index contributed by atoms with van der Waals surface area (Å²) < 4.78 is 5.62. The topological polar surface area (TPSA) is 26.3 Å². The molecule has 1 saturated carbocycles. The van der Waals surface area contributed by atoms with Gasteiger partial charge in [0.1, 0.15) is 4.75 Å². The lowest BCUT2D eigenvalue weighted by Crippen LogP contribution is -2.23. The van der Waals surface area contributed by atoms with E-state index in [2.05, 4.69) is 24.3 Å². The molecule has 0 aliphatic heterocycles. The molecule has 0 bridgehead atoms. The Balaban J connectivity index is 1.67. The van der Waals surface area contributed by atoms with Gasteiger partial charge in [-0.1, -0.05) is 55.5 Å². The Labute approximate surface area is 135 Å². The third kappa shape index (κ3) is 3.26. The fourth-order valence-corrected chi connectivity index (χ4v) is 4.04. The number of ketones is 1. The highest BCUT2D eigenvalue weighted by atomic mass is 32.2. The summed E-state index contributed by atoms with van der Waals surface area (Å²) in [5.74, 6) is 0.291. The van der Waals surface area contributed by atoms with Crippen LogP contribution in [-0.2, 0) is 16.1 Å². The molecule has 2 aromatic rings. The largest absolute Gasteiger partial charge is 0.372 e. The normalized spacial score (nSPS) is 23.2. The van der Waals surface area contributed by atoms with Crippen molar-refractivity contribution in [2.24, 2.45) is 0 Å². The van der Waals surface area contributed by atoms with E-state index in [9.17, 15) is 4.79 Å². The summed E-state index contributed by atoms with van der Waals surface area (Å²) in [5.41, 5.74) is 1.15. The molecule has 2 aromatic carbocycles. The molecule has 0 heterocycles. The van der Waals surface area contributed by atoms with Crippen LogP contribution in [0, 0.1) is 0 Å². The number of thioether (sulfide) groups is 1. The second-order valence-corrected chi connectivity index (χ2v) is 6.97. The van der Waals surface area contributed by atoms with Crippen molar-refractivity contribution < 1.29 is 9.53 Å². The highest BCUT2D eigenvalue weighted by molar-refractivity contribution is 8.01. The average molecular weight is 312 g/mol. The van der Waals surface area contributed by atoms with Crippen LogP contribution in [0.2, 0.25) is 0 Å². The zero-order valence-corrected chi connectivity index (χ0v) is 13.5. The molecular weight excluding hydrogens is 292 g/mol. The minimum absolute atomic E-state index is 0.0189. The van der Waals surface area contributed by atoms with Crippen LogP contribution < -0.4 is 0 Å². The second-order valence-electron chi connectivity index (χ2n) is 5.57. The van der Waals surface area contributed by atoms with Crippen molar-refractivity contribution >= 4 is 17.5 Å². The standard InChI is InChI=1S/C19H20O2S/c1-2-17(20)19(22-16-11-7-4-8-12-16)13-18(19)21-14-15-9-5-3-6-10-15/h3-12,18H,2,13-14H2,1H3/t18-,19+/m0/s1. The van der Waals surface area contributed by atoms with Crippen molar-refractivity contribution in [3.05, 3.63) is 66.2 Å². The first kappa shape index (κ1) is 15.3. The number of hydrogen-bond donors (Lipinski definition) is 0. The fraction of sp³-hybridized carbons (Fsp3) is 0.316. The summed E-state index contributed by atoms with van der Waals surface area (Å²) in [6.45, 7) is 2.50. The van der Waals surface area contributed by atoms with Gasteiger partial charge in [-0.05, 0) is 24.1 Å². The van der Waals surface area contributed by atoms with Crippen LogP contribution in [0.5, 0.6) is 0 Å². The Kier molecular flexibility index (Phi) is 4.65. The number of carbonyl (C=O) groups excluding carboxylic acids is 1. The van der Waals surface area contributed by atoms with Crippen molar-refractivity contribution in [2.75, 3.05) is 0 Å². The highest BCUT2D eigenvalue weighted by Gasteiger charge is 2.61. The summed E-state index contributed by atoms with van der Waals surface area (Å²) in [5, 5.41) is 0. The molecule has 0 unspecified atom stereocenters. The molecule has 3 heteroatoms. The Bertz CT molecular complexity index is 626. The number of rotatable bonds is 7. The van der Waals surface area contributed by atoms with E-state index in [0.717, 1.165) is 16.9 Å². The average Bonchev–Trinajstić information content (AvgIpc) is 3.28. The maximum Gasteiger partial charge on any atom is 0.151 e. The van der Waals surface area contributed by atoms with Gasteiger partial charge in [0.25, 0.3) is 0 Å². The molecule has 1 aliphatic carbocycles. The van der Waals surface area contributed by atoms with Crippen LogP contribution in [0.15, 0.2) is 65.6 Å². The van der Waals surface area contributed by atoms with Crippen LogP contribution >= 0.6 is 11.8 Å². The molecule has 0 aromatic heterocycles. The van der Waals surface area contributed by atoms with Gasteiger partial charge >= 0.3 is 0 Å². The monoisotopic (exact) mass is 312 g/mol. The zero-order chi connectivity index (χ0) is 15.4. The van der Waals surface area contributed by atoms with Crippen molar-refractivity contribution in [1.82, 2.24) is 0 Å². The highest BCUT2D eigenvalue weighted by Crippen LogP contribution is 2.55. The van der Waals surface area contributed by atoms with Crippen molar-refractivity contribution in [2.45, 2.75) is 42.1 Å². The first-order chi connectivity index (χ1) is 10.7. The lowest BCUT2D eigenvalue weighted by atomic mass is 10.2. The molecule has 2 nitrogen and oxygen atoms in total. The lowest BCUT2D eigenvalue weighted by Gasteiger charge is -2.15. The van der Waals surface area contributed by atoms with E-state index in [1.54, 1.807) is 11.8 Å². The molecule has 1 aliphatic rings. The molecule has 114 valence electrons. The van der Waals surface area contributed by atoms with E-state index in [4.69, 9.17) is 4.74 Å². The van der Waals surface area contributed by atoms with Crippen LogP contribution in [0.3, 0.4) is 0 Å². The van der Waals surface area contributed by atoms with E-state index < -0.39 is 0 Å². The number of benzene rings is 2. The number of carbonyl (C=O) groups is 1. The minimum atomic E-state index is -0.384. The van der Waals surface area contributed by atoms with Gasteiger partial charge in [0, 0.05) is 11.3 Å². The fourth-order valence-electron chi connectivity index (χ4n) is 2.64. The van der Waals surface area contributed by atoms with E-state index in [1.807, 2.05) is 43.3 Å². The molecule has 22 heavy (non-hydrogen) atoms. The van der Waals surface area contributed by atoms with Gasteiger partial charge in [-0.2, -0.15) is 0 Å². The maximum absolute atomic E-state index is 12.4. The summed E-state index contributed by atoms with van der Waals surface area (Å²) in [7, 11) is 0. The van der Waals surface area contributed by atoms with Gasteiger partial charge in [0.2, 0.25) is 0 Å². The SMILES string of the molecule is CCC(=O)[C@]1(Sc2ccccc2)C[C@@H]1OCc1ccccc1. The first-order valence-corrected chi connectivity index (χ1v) is 8.49. The Morgan fingerprint density at radius 1 is 1.14 bits per heavy atom. The Hall–Kier alpha value is -1.58. The summed E-state index contributed by atoms with van der Waals surface area (Å²) in [6, 6.07) is 20.2. The molecule has 0 saturated heterocycles. The van der Waals surface area contributed by atoms with E-state index >= 15 is 0 Å². The van der Waals surface area contributed by atoms with E-state index in [0.29, 0.717) is 18.8 Å². The molecule has 0 spiro atoms. The van der Waals surface area contributed by atoms with Crippen LogP contribution in [0.1, 0.15) is 25.3 Å². The number of Topliss-reactive ketones (excluding diaryl/α,β-unsaturated/α-hetero) is 1. The Morgan fingerprint density at radius 3 is 2.41 bits per heavy atom. The molecule has 0 radical (unpaired) electrons. The molecule has 2 atom stereocenters. The summed E-state index contributed by atoms with van der Waals surface area (Å²) in [4.78, 5) is 13.6. The van der Waals surface area contributed by atoms with Gasteiger partial charge < -0.3 is 4.74 Å². The lowest BCUT2D eigenvalue weighted by molar-refractivity contribution is -0.119. The first-order valence-electron chi connectivity index (χ1n) is 7.67. The molecule has 3 rings (SSSR count). The Morgan fingerprint density at radius 2 is 1.77 bits per heavy atom. The number of hydrogen-bond acceptors (Lipinski definition) is 3. The van der Waals surface area contributed by atoms with Crippen LogP contribution in [0.4, 0.5) is 0 Å². The zero-order valence-electron chi connectivity index (χ0n) is 12.7. The van der Waals surface area contributed by atoms with E-state index in [-0.39, 0.29) is 10.9 Å². The summed E-state index contributed by atoms with van der Waals surface area (Å²) >= 11 is 1.66. The molecule has 0 amide bonds. The molecule has 0 N–H and O–H groups in total. The van der Waals surface area contributed by atoms with Crippen molar-refractivity contribution in [3.63, 3.8) is 0 Å². The molecular formula is C19H20O2S. The quantitative estimate of drug-likeness (QED) is 0.753. The van der Waals surface area contributed by atoms with Gasteiger partial charge in [-0.25, -0.2) is 0 Å². The smallest absolute Gasteiger partial charge is 0.151 e. The van der Waals surface area contributed by atoms with Crippen LogP contribution in [-0.4, -0.2) is 16.6 Å². The van der Waals surface area contributed by atoms with Gasteiger partial charge in [0.05, 0.1) is 12.7 Å². The predicted molar refractivity (Wildman–Crippen MR) is 90.0 cm³/mol. The third-order valence-corrected chi connectivity index (χ3v) is 5.51. The summed E-state index contributed by atoms with van der Waals surface area (Å²) in [6.07, 6.45) is 1.39. The van der Waals surface area contributed by atoms with Crippen molar-refractivity contribution in [1.29, 1.82) is 0 Å². The van der Waals surface area contributed by atoms with Gasteiger partial charge in [-0.15, -0.1) is 11.8 Å². The minimum Gasteiger partial charge on any atom is -0.372 e. The second kappa shape index (κ2) is 6.67. The van der Waals surface area contributed by atoms with Gasteiger partial charge in [0.15, 0.2) is 5.78 Å².